The molecule has 1 aliphatic heterocycles. The van der Waals surface area contributed by atoms with Crippen molar-refractivity contribution in [2.45, 2.75) is 18.1 Å². The van der Waals surface area contributed by atoms with E-state index < -0.39 is 4.92 Å². The summed E-state index contributed by atoms with van der Waals surface area (Å²) in [7, 11) is 1.62. The number of carbonyl (C=O) groups is 1. The zero-order valence-corrected chi connectivity index (χ0v) is 11.9. The Labute approximate surface area is 120 Å². The maximum absolute atomic E-state index is 12.1. The maximum Gasteiger partial charge on any atom is 0.288 e. The number of nitrogens with one attached hydrogen (secondary N) is 2. The number of rotatable bonds is 5. The van der Waals surface area contributed by atoms with Gasteiger partial charge in [0.05, 0.1) is 10.5 Å². The number of carbonyl (C=O) groups excluding carboxylic acids is 1. The lowest BCUT2D eigenvalue weighted by atomic mass is 10.2. The van der Waals surface area contributed by atoms with E-state index >= 15 is 0 Å². The second kappa shape index (κ2) is 6.56. The van der Waals surface area contributed by atoms with Gasteiger partial charge in [-0.2, -0.15) is 11.8 Å². The summed E-state index contributed by atoms with van der Waals surface area (Å²) in [5, 5.41) is 16.8. The first kappa shape index (κ1) is 14.6. The van der Waals surface area contributed by atoms with Gasteiger partial charge in [0.1, 0.15) is 12.0 Å². The van der Waals surface area contributed by atoms with Crippen LogP contribution in [0.4, 0.5) is 11.5 Å². The molecule has 1 aromatic rings. The lowest BCUT2D eigenvalue weighted by molar-refractivity contribution is -0.385. The number of nitrogens with zero attached hydrogens (tertiary/aromatic N) is 2. The third-order valence-electron chi connectivity index (χ3n) is 3.08. The molecule has 0 radical (unpaired) electrons. The molecule has 1 saturated heterocycles. The minimum Gasteiger partial charge on any atom is -0.372 e. The summed E-state index contributed by atoms with van der Waals surface area (Å²) < 4.78 is 0. The van der Waals surface area contributed by atoms with Crippen molar-refractivity contribution in [3.63, 3.8) is 0 Å². The zero-order valence-electron chi connectivity index (χ0n) is 11.1. The molecule has 1 amide bonds. The fraction of sp³-hybridized carbons (Fsp3) is 0.500. The first-order valence-electron chi connectivity index (χ1n) is 6.34. The van der Waals surface area contributed by atoms with Crippen LogP contribution in [-0.4, -0.2) is 40.4 Å². The quantitative estimate of drug-likeness (QED) is 0.633. The van der Waals surface area contributed by atoms with Crippen molar-refractivity contribution in [3.05, 3.63) is 27.9 Å². The van der Waals surface area contributed by atoms with Crippen molar-refractivity contribution in [2.75, 3.05) is 24.7 Å². The van der Waals surface area contributed by atoms with Gasteiger partial charge in [0.25, 0.3) is 11.6 Å². The molecule has 1 aromatic heterocycles. The summed E-state index contributed by atoms with van der Waals surface area (Å²) in [5.41, 5.74) is 0.00842. The highest BCUT2D eigenvalue weighted by Crippen LogP contribution is 2.25. The third kappa shape index (κ3) is 3.38. The standard InChI is InChI=1S/C12H16N4O3S/c1-13-11-10(5-8(6-14-11)16(18)19)12(17)15-7-9-3-2-4-20-9/h5-6,9H,2-4,7H2,1H3,(H,13,14)(H,15,17). The Bertz CT molecular complexity index is 517. The van der Waals surface area contributed by atoms with Gasteiger partial charge in [0.15, 0.2) is 0 Å². The first-order chi connectivity index (χ1) is 9.61. The zero-order chi connectivity index (χ0) is 14.5. The maximum atomic E-state index is 12.1. The van der Waals surface area contributed by atoms with Gasteiger partial charge in [0, 0.05) is 24.9 Å². The number of nitro groups is 1. The predicted octanol–water partition coefficient (Wildman–Crippen LogP) is 1.66. The second-order valence-electron chi connectivity index (χ2n) is 4.44. The van der Waals surface area contributed by atoms with Crippen LogP contribution in [0.1, 0.15) is 23.2 Å². The molecule has 1 unspecified atom stereocenters. The molecule has 1 fully saturated rings. The minimum atomic E-state index is -0.559. The molecular weight excluding hydrogens is 280 g/mol. The molecule has 1 aliphatic rings. The number of amides is 1. The number of hydrogen-bond donors (Lipinski definition) is 2. The largest absolute Gasteiger partial charge is 0.372 e. The van der Waals surface area contributed by atoms with Crippen LogP contribution < -0.4 is 10.6 Å². The van der Waals surface area contributed by atoms with Crippen LogP contribution in [0, 0.1) is 10.1 Å². The van der Waals surface area contributed by atoms with Crippen molar-refractivity contribution >= 4 is 29.2 Å². The SMILES string of the molecule is CNc1ncc([N+](=O)[O-])cc1C(=O)NCC1CCCS1. The fourth-order valence-corrected chi connectivity index (χ4v) is 3.23. The Kier molecular flexibility index (Phi) is 4.78. The summed E-state index contributed by atoms with van der Waals surface area (Å²) in [6.45, 7) is 0.579. The van der Waals surface area contributed by atoms with Crippen LogP contribution in [-0.2, 0) is 0 Å². The van der Waals surface area contributed by atoms with Crippen molar-refractivity contribution < 1.29 is 9.72 Å². The van der Waals surface area contributed by atoms with Gasteiger partial charge in [0.2, 0.25) is 0 Å². The van der Waals surface area contributed by atoms with Crippen molar-refractivity contribution in [2.24, 2.45) is 0 Å². The molecule has 0 aliphatic carbocycles. The molecule has 2 rings (SSSR count). The highest BCUT2D eigenvalue weighted by atomic mass is 32.2. The van der Waals surface area contributed by atoms with Gasteiger partial charge in [-0.3, -0.25) is 14.9 Å². The second-order valence-corrected chi connectivity index (χ2v) is 5.85. The first-order valence-corrected chi connectivity index (χ1v) is 7.38. The molecule has 0 saturated carbocycles. The van der Waals surface area contributed by atoms with Gasteiger partial charge < -0.3 is 10.6 Å². The number of thioether (sulfide) groups is 1. The van der Waals surface area contributed by atoms with Gasteiger partial charge in [-0.05, 0) is 18.6 Å². The smallest absolute Gasteiger partial charge is 0.288 e. The molecule has 2 N–H and O–H groups in total. The van der Waals surface area contributed by atoms with Crippen LogP contribution in [0.25, 0.3) is 0 Å². The minimum absolute atomic E-state index is 0.190. The van der Waals surface area contributed by atoms with Crippen LogP contribution in [0.15, 0.2) is 12.3 Å². The van der Waals surface area contributed by atoms with Gasteiger partial charge in [-0.1, -0.05) is 0 Å². The van der Waals surface area contributed by atoms with E-state index in [4.69, 9.17) is 0 Å². The molecule has 20 heavy (non-hydrogen) atoms. The average Bonchev–Trinajstić information content (AvgIpc) is 2.97. The summed E-state index contributed by atoms with van der Waals surface area (Å²) in [6, 6.07) is 1.25. The molecule has 0 aromatic carbocycles. The lowest BCUT2D eigenvalue weighted by Crippen LogP contribution is -2.30. The number of aromatic nitrogens is 1. The molecule has 108 valence electrons. The third-order valence-corrected chi connectivity index (χ3v) is 4.48. The van der Waals surface area contributed by atoms with Crippen LogP contribution in [0.3, 0.4) is 0 Å². The van der Waals surface area contributed by atoms with Crippen LogP contribution in [0.5, 0.6) is 0 Å². The number of pyridine rings is 1. The summed E-state index contributed by atoms with van der Waals surface area (Å²) in [4.78, 5) is 26.2. The molecular formula is C12H16N4O3S. The van der Waals surface area contributed by atoms with Gasteiger partial charge in [-0.15, -0.1) is 0 Å². The predicted molar refractivity (Wildman–Crippen MR) is 78.3 cm³/mol. The number of anilines is 1. The summed E-state index contributed by atoms with van der Waals surface area (Å²) in [5.74, 6) is 1.13. The van der Waals surface area contributed by atoms with E-state index in [-0.39, 0.29) is 17.2 Å². The normalized spacial score (nSPS) is 17.8. The monoisotopic (exact) mass is 296 g/mol. The van der Waals surface area contributed by atoms with E-state index in [2.05, 4.69) is 15.6 Å². The summed E-state index contributed by atoms with van der Waals surface area (Å²) >= 11 is 1.84. The summed E-state index contributed by atoms with van der Waals surface area (Å²) in [6.07, 6.45) is 3.40. The van der Waals surface area contributed by atoms with E-state index in [0.29, 0.717) is 17.6 Å². The Morgan fingerprint density at radius 1 is 1.65 bits per heavy atom. The Balaban J connectivity index is 2.10. The van der Waals surface area contributed by atoms with Crippen molar-refractivity contribution in [3.8, 4) is 0 Å². The Morgan fingerprint density at radius 2 is 2.45 bits per heavy atom. The lowest BCUT2D eigenvalue weighted by Gasteiger charge is -2.12. The molecule has 0 spiro atoms. The van der Waals surface area contributed by atoms with E-state index in [9.17, 15) is 14.9 Å². The van der Waals surface area contributed by atoms with Crippen LogP contribution >= 0.6 is 11.8 Å². The molecule has 0 bridgehead atoms. The highest BCUT2D eigenvalue weighted by Gasteiger charge is 2.20. The highest BCUT2D eigenvalue weighted by molar-refractivity contribution is 8.00. The molecule has 2 heterocycles. The van der Waals surface area contributed by atoms with E-state index in [0.717, 1.165) is 18.4 Å². The Hall–Kier alpha value is -1.83. The van der Waals surface area contributed by atoms with Crippen molar-refractivity contribution in [1.82, 2.24) is 10.3 Å². The Morgan fingerprint density at radius 3 is 3.05 bits per heavy atom. The van der Waals surface area contributed by atoms with E-state index in [1.54, 1.807) is 7.05 Å². The van der Waals surface area contributed by atoms with Gasteiger partial charge >= 0.3 is 0 Å². The van der Waals surface area contributed by atoms with Crippen LogP contribution in [0.2, 0.25) is 0 Å². The molecule has 1 atom stereocenters. The van der Waals surface area contributed by atoms with E-state index in [1.165, 1.54) is 12.5 Å². The van der Waals surface area contributed by atoms with Crippen molar-refractivity contribution in [1.29, 1.82) is 0 Å². The number of hydrogen-bond acceptors (Lipinski definition) is 6. The van der Waals surface area contributed by atoms with E-state index in [1.807, 2.05) is 11.8 Å². The molecule has 7 nitrogen and oxygen atoms in total. The fourth-order valence-electron chi connectivity index (χ4n) is 2.03. The topological polar surface area (TPSA) is 97.2 Å². The average molecular weight is 296 g/mol. The molecule has 8 heteroatoms. The van der Waals surface area contributed by atoms with Gasteiger partial charge in [-0.25, -0.2) is 4.98 Å².